The summed E-state index contributed by atoms with van der Waals surface area (Å²) in [6, 6.07) is 3.90. The molecule has 0 spiro atoms. The molecule has 0 atom stereocenters. The lowest BCUT2D eigenvalue weighted by atomic mass is 10.1. The summed E-state index contributed by atoms with van der Waals surface area (Å²) in [6.07, 6.45) is 1.35. The Hall–Kier alpha value is -2.11. The first kappa shape index (κ1) is 16.3. The van der Waals surface area contributed by atoms with Gasteiger partial charge in [-0.15, -0.1) is 0 Å². The summed E-state index contributed by atoms with van der Waals surface area (Å²) in [4.78, 5) is 27.8. The molecule has 1 heterocycles. The van der Waals surface area contributed by atoms with E-state index in [1.165, 1.54) is 25.3 Å². The Labute approximate surface area is 129 Å². The molecule has 1 saturated heterocycles. The Kier molecular flexibility index (Phi) is 5.35. The highest BCUT2D eigenvalue weighted by Crippen LogP contribution is 2.22. The molecule has 0 N–H and O–H groups in total. The van der Waals surface area contributed by atoms with Crippen LogP contribution in [-0.2, 0) is 4.79 Å². The molecule has 0 aromatic heterocycles. The Morgan fingerprint density at radius 3 is 2.41 bits per heavy atom. The van der Waals surface area contributed by atoms with Crippen LogP contribution in [0, 0.1) is 5.82 Å². The van der Waals surface area contributed by atoms with Gasteiger partial charge in [-0.1, -0.05) is 6.92 Å². The molecular formula is C16H21FN2O3. The summed E-state index contributed by atoms with van der Waals surface area (Å²) in [5.74, 6) is -0.256. The third kappa shape index (κ3) is 3.55. The minimum atomic E-state index is -0.471. The van der Waals surface area contributed by atoms with E-state index in [0.29, 0.717) is 38.3 Å². The van der Waals surface area contributed by atoms with Crippen molar-refractivity contribution in [1.82, 2.24) is 9.80 Å². The number of benzene rings is 1. The van der Waals surface area contributed by atoms with Crippen LogP contribution in [0.3, 0.4) is 0 Å². The van der Waals surface area contributed by atoms with Crippen LogP contribution in [0.1, 0.15) is 30.1 Å². The first-order valence-electron chi connectivity index (χ1n) is 7.47. The molecule has 2 amide bonds. The van der Waals surface area contributed by atoms with E-state index in [1.54, 1.807) is 9.80 Å². The number of rotatable bonds is 4. The summed E-state index contributed by atoms with van der Waals surface area (Å²) in [5.41, 5.74) is 0.218. The lowest BCUT2D eigenvalue weighted by molar-refractivity contribution is -0.132. The van der Waals surface area contributed by atoms with Gasteiger partial charge in [-0.2, -0.15) is 0 Å². The van der Waals surface area contributed by atoms with Crippen molar-refractivity contribution in [2.45, 2.75) is 19.8 Å². The summed E-state index contributed by atoms with van der Waals surface area (Å²) >= 11 is 0. The Morgan fingerprint density at radius 2 is 1.82 bits per heavy atom. The fourth-order valence-electron chi connectivity index (χ4n) is 2.55. The largest absolute Gasteiger partial charge is 0.496 e. The van der Waals surface area contributed by atoms with E-state index < -0.39 is 5.82 Å². The van der Waals surface area contributed by atoms with Gasteiger partial charge < -0.3 is 14.5 Å². The van der Waals surface area contributed by atoms with Crippen molar-refractivity contribution in [1.29, 1.82) is 0 Å². The molecule has 6 heteroatoms. The van der Waals surface area contributed by atoms with Gasteiger partial charge >= 0.3 is 0 Å². The van der Waals surface area contributed by atoms with Crippen LogP contribution in [-0.4, -0.2) is 54.9 Å². The summed E-state index contributed by atoms with van der Waals surface area (Å²) in [6.45, 7) is 3.90. The minimum absolute atomic E-state index is 0.123. The quantitative estimate of drug-likeness (QED) is 0.854. The molecule has 0 aliphatic carbocycles. The third-order valence-electron chi connectivity index (χ3n) is 3.78. The van der Waals surface area contributed by atoms with E-state index in [-0.39, 0.29) is 17.4 Å². The second-order valence-electron chi connectivity index (χ2n) is 5.27. The summed E-state index contributed by atoms with van der Waals surface area (Å²) in [5, 5.41) is 0. The van der Waals surface area contributed by atoms with Crippen LogP contribution in [0.4, 0.5) is 4.39 Å². The highest BCUT2D eigenvalue weighted by molar-refractivity contribution is 5.97. The zero-order valence-corrected chi connectivity index (χ0v) is 13.0. The van der Waals surface area contributed by atoms with Gasteiger partial charge in [0.15, 0.2) is 0 Å². The second-order valence-corrected chi connectivity index (χ2v) is 5.27. The number of piperazine rings is 1. The summed E-state index contributed by atoms with van der Waals surface area (Å²) < 4.78 is 18.5. The van der Waals surface area contributed by atoms with Gasteiger partial charge in [-0.25, -0.2) is 4.39 Å². The van der Waals surface area contributed by atoms with Crippen molar-refractivity contribution < 1.29 is 18.7 Å². The topological polar surface area (TPSA) is 49.9 Å². The van der Waals surface area contributed by atoms with Crippen LogP contribution in [0.5, 0.6) is 5.75 Å². The number of hydrogen-bond acceptors (Lipinski definition) is 3. The Balaban J connectivity index is 2.04. The Morgan fingerprint density at radius 1 is 1.18 bits per heavy atom. The fraction of sp³-hybridized carbons (Fsp3) is 0.500. The SMILES string of the molecule is CCCC(=O)N1CCN(C(=O)c2cc(F)ccc2OC)CC1. The molecule has 1 aliphatic heterocycles. The third-order valence-corrected chi connectivity index (χ3v) is 3.78. The van der Waals surface area contributed by atoms with Gasteiger partial charge in [0.2, 0.25) is 5.91 Å². The van der Waals surface area contributed by atoms with E-state index in [2.05, 4.69) is 0 Å². The van der Waals surface area contributed by atoms with Gasteiger partial charge in [0, 0.05) is 32.6 Å². The summed E-state index contributed by atoms with van der Waals surface area (Å²) in [7, 11) is 1.45. The van der Waals surface area contributed by atoms with Gasteiger partial charge in [0.1, 0.15) is 11.6 Å². The standard InChI is InChI=1S/C16H21FN2O3/c1-3-4-15(20)18-7-9-19(10-8-18)16(21)13-11-12(17)5-6-14(13)22-2/h5-6,11H,3-4,7-10H2,1-2H3. The molecule has 0 unspecified atom stereocenters. The highest BCUT2D eigenvalue weighted by Gasteiger charge is 2.26. The van der Waals surface area contributed by atoms with Crippen molar-refractivity contribution >= 4 is 11.8 Å². The fourth-order valence-corrected chi connectivity index (χ4v) is 2.55. The number of nitrogens with zero attached hydrogens (tertiary/aromatic N) is 2. The number of amides is 2. The van der Waals surface area contributed by atoms with Gasteiger partial charge in [0.25, 0.3) is 5.91 Å². The average molecular weight is 308 g/mol. The lowest BCUT2D eigenvalue weighted by Crippen LogP contribution is -2.50. The van der Waals surface area contributed by atoms with Crippen molar-refractivity contribution in [2.24, 2.45) is 0 Å². The number of hydrogen-bond donors (Lipinski definition) is 0. The predicted octanol–water partition coefficient (Wildman–Crippen LogP) is 1.92. The zero-order chi connectivity index (χ0) is 16.1. The number of halogens is 1. The van der Waals surface area contributed by atoms with Gasteiger partial charge in [0.05, 0.1) is 12.7 Å². The monoisotopic (exact) mass is 308 g/mol. The zero-order valence-electron chi connectivity index (χ0n) is 13.0. The molecule has 5 nitrogen and oxygen atoms in total. The molecule has 0 saturated carbocycles. The van der Waals surface area contributed by atoms with Crippen molar-refractivity contribution in [3.63, 3.8) is 0 Å². The van der Waals surface area contributed by atoms with Crippen molar-refractivity contribution in [3.8, 4) is 5.75 Å². The predicted molar refractivity (Wildman–Crippen MR) is 80.3 cm³/mol. The second kappa shape index (κ2) is 7.24. The maximum Gasteiger partial charge on any atom is 0.257 e. The molecule has 22 heavy (non-hydrogen) atoms. The van der Waals surface area contributed by atoms with Crippen molar-refractivity contribution in [2.75, 3.05) is 33.3 Å². The normalized spacial score (nSPS) is 14.9. The smallest absolute Gasteiger partial charge is 0.257 e. The molecular weight excluding hydrogens is 287 g/mol. The van der Waals surface area contributed by atoms with Crippen LogP contribution < -0.4 is 4.74 Å². The minimum Gasteiger partial charge on any atom is -0.496 e. The number of ether oxygens (including phenoxy) is 1. The van der Waals surface area contributed by atoms with Crippen LogP contribution in [0.2, 0.25) is 0 Å². The van der Waals surface area contributed by atoms with E-state index in [0.717, 1.165) is 6.42 Å². The van der Waals surface area contributed by atoms with Crippen molar-refractivity contribution in [3.05, 3.63) is 29.6 Å². The van der Waals surface area contributed by atoms with E-state index in [4.69, 9.17) is 4.74 Å². The van der Waals surface area contributed by atoms with E-state index in [1.807, 2.05) is 6.92 Å². The molecule has 1 aromatic carbocycles. The molecule has 120 valence electrons. The first-order valence-corrected chi connectivity index (χ1v) is 7.47. The average Bonchev–Trinajstić information content (AvgIpc) is 2.54. The molecule has 0 radical (unpaired) electrons. The van der Waals surface area contributed by atoms with Gasteiger partial charge in [-0.3, -0.25) is 9.59 Å². The maximum absolute atomic E-state index is 13.4. The van der Waals surface area contributed by atoms with Gasteiger partial charge in [-0.05, 0) is 24.6 Å². The molecule has 1 aromatic rings. The van der Waals surface area contributed by atoms with E-state index in [9.17, 15) is 14.0 Å². The number of carbonyl (C=O) groups excluding carboxylic acids is 2. The van der Waals surface area contributed by atoms with E-state index >= 15 is 0 Å². The lowest BCUT2D eigenvalue weighted by Gasteiger charge is -2.35. The Bertz CT molecular complexity index is 554. The van der Waals surface area contributed by atoms with Crippen LogP contribution in [0.15, 0.2) is 18.2 Å². The maximum atomic E-state index is 13.4. The molecule has 0 bridgehead atoms. The number of carbonyl (C=O) groups is 2. The molecule has 2 rings (SSSR count). The molecule has 1 aliphatic rings. The van der Waals surface area contributed by atoms with Crippen LogP contribution >= 0.6 is 0 Å². The first-order chi connectivity index (χ1) is 10.6. The number of methoxy groups -OCH3 is 1. The van der Waals surface area contributed by atoms with Crippen LogP contribution in [0.25, 0.3) is 0 Å². The molecule has 1 fully saturated rings. The highest BCUT2D eigenvalue weighted by atomic mass is 19.1.